The van der Waals surface area contributed by atoms with Crippen molar-refractivity contribution in [2.24, 2.45) is 5.92 Å². The molecule has 0 radical (unpaired) electrons. The van der Waals surface area contributed by atoms with E-state index in [1.807, 2.05) is 6.07 Å². The van der Waals surface area contributed by atoms with Crippen LogP contribution in [0.15, 0.2) is 48.6 Å². The van der Waals surface area contributed by atoms with Crippen LogP contribution in [0, 0.1) is 11.7 Å². The molecule has 1 aliphatic heterocycles. The van der Waals surface area contributed by atoms with Crippen LogP contribution in [0.3, 0.4) is 0 Å². The summed E-state index contributed by atoms with van der Waals surface area (Å²) in [5, 5.41) is 13.0. The minimum absolute atomic E-state index is 0.0302. The second-order valence-corrected chi connectivity index (χ2v) is 6.63. The number of carbonyl (C=O) groups is 1. The second kappa shape index (κ2) is 5.64. The lowest BCUT2D eigenvalue weighted by Gasteiger charge is -2.38. The van der Waals surface area contributed by atoms with Gasteiger partial charge in [0, 0.05) is 11.5 Å². The van der Waals surface area contributed by atoms with Crippen LogP contribution >= 0.6 is 11.6 Å². The van der Waals surface area contributed by atoms with Gasteiger partial charge in [0.15, 0.2) is 0 Å². The number of fused-ring (bicyclic) bond motifs is 3. The van der Waals surface area contributed by atoms with E-state index in [4.69, 9.17) is 11.6 Å². The summed E-state index contributed by atoms with van der Waals surface area (Å²) in [4.78, 5) is 11.3. The van der Waals surface area contributed by atoms with E-state index in [9.17, 15) is 14.3 Å². The minimum Gasteiger partial charge on any atom is -0.478 e. The van der Waals surface area contributed by atoms with Crippen molar-refractivity contribution in [2.45, 2.75) is 18.4 Å². The molecule has 0 fully saturated rings. The molecule has 3 nitrogen and oxygen atoms in total. The third kappa shape index (κ3) is 2.29. The molecule has 2 aromatic carbocycles. The predicted molar refractivity (Wildman–Crippen MR) is 91.2 cm³/mol. The highest BCUT2D eigenvalue weighted by Gasteiger charge is 2.40. The highest BCUT2D eigenvalue weighted by molar-refractivity contribution is 6.33. The largest absolute Gasteiger partial charge is 0.478 e. The Hall–Kier alpha value is -2.33. The summed E-state index contributed by atoms with van der Waals surface area (Å²) >= 11 is 6.33. The van der Waals surface area contributed by atoms with E-state index in [0.29, 0.717) is 16.3 Å². The Kier molecular flexibility index (Phi) is 3.57. The summed E-state index contributed by atoms with van der Waals surface area (Å²) < 4.78 is 14.3. The first kappa shape index (κ1) is 15.2. The van der Waals surface area contributed by atoms with Gasteiger partial charge in [-0.15, -0.1) is 0 Å². The van der Waals surface area contributed by atoms with Crippen molar-refractivity contribution in [2.75, 3.05) is 5.32 Å². The Morgan fingerprint density at radius 2 is 2.04 bits per heavy atom. The van der Waals surface area contributed by atoms with Crippen LogP contribution in [-0.4, -0.2) is 11.1 Å². The Morgan fingerprint density at radius 1 is 1.25 bits per heavy atom. The number of hydrogen-bond acceptors (Lipinski definition) is 2. The minimum atomic E-state index is -1.01. The molecule has 122 valence electrons. The summed E-state index contributed by atoms with van der Waals surface area (Å²) in [5.74, 6) is -1.09. The van der Waals surface area contributed by atoms with Crippen LogP contribution in [0.25, 0.3) is 0 Å². The molecule has 3 atom stereocenters. The molecule has 0 bridgehead atoms. The van der Waals surface area contributed by atoms with E-state index in [1.165, 1.54) is 12.1 Å². The first-order valence-electron chi connectivity index (χ1n) is 7.80. The number of hydrogen-bond donors (Lipinski definition) is 2. The Bertz CT molecular complexity index is 864. The number of anilines is 1. The van der Waals surface area contributed by atoms with Crippen LogP contribution in [0.4, 0.5) is 10.1 Å². The zero-order chi connectivity index (χ0) is 16.8. The van der Waals surface area contributed by atoms with Gasteiger partial charge in [-0.25, -0.2) is 9.18 Å². The maximum atomic E-state index is 14.3. The van der Waals surface area contributed by atoms with Crippen LogP contribution in [0.1, 0.15) is 39.9 Å². The highest BCUT2D eigenvalue weighted by atomic mass is 35.5. The van der Waals surface area contributed by atoms with E-state index in [-0.39, 0.29) is 29.3 Å². The monoisotopic (exact) mass is 343 g/mol. The topological polar surface area (TPSA) is 49.3 Å². The van der Waals surface area contributed by atoms with Crippen molar-refractivity contribution in [3.8, 4) is 0 Å². The van der Waals surface area contributed by atoms with Crippen molar-refractivity contribution in [3.63, 3.8) is 0 Å². The summed E-state index contributed by atoms with van der Waals surface area (Å²) in [6, 6.07) is 9.64. The number of aromatic carboxylic acids is 1. The van der Waals surface area contributed by atoms with Gasteiger partial charge in [0.1, 0.15) is 5.82 Å². The molecule has 1 heterocycles. The lowest BCUT2D eigenvalue weighted by atomic mass is 9.76. The maximum Gasteiger partial charge on any atom is 0.335 e. The molecule has 0 aromatic heterocycles. The maximum absolute atomic E-state index is 14.3. The summed E-state index contributed by atoms with van der Waals surface area (Å²) in [6.07, 6.45) is 4.95. The molecule has 0 saturated heterocycles. The van der Waals surface area contributed by atoms with Crippen molar-refractivity contribution < 1.29 is 14.3 Å². The third-order valence-electron chi connectivity index (χ3n) is 4.91. The van der Waals surface area contributed by atoms with Gasteiger partial charge < -0.3 is 10.4 Å². The highest BCUT2D eigenvalue weighted by Crippen LogP contribution is 2.52. The SMILES string of the molecule is O=C(O)c1cc(Cl)c2c(c1)C1C=CCC1C(c1ccccc1F)N2. The first-order valence-corrected chi connectivity index (χ1v) is 8.18. The number of nitrogens with one attached hydrogen (secondary N) is 1. The molecule has 5 heteroatoms. The van der Waals surface area contributed by atoms with Gasteiger partial charge in [-0.3, -0.25) is 0 Å². The molecule has 3 unspecified atom stereocenters. The van der Waals surface area contributed by atoms with Crippen molar-refractivity contribution in [3.05, 3.63) is 76.1 Å². The van der Waals surface area contributed by atoms with Crippen LogP contribution in [-0.2, 0) is 0 Å². The molecular formula is C19H15ClFNO2. The predicted octanol–water partition coefficient (Wildman–Crippen LogP) is 5.00. The fourth-order valence-electron chi connectivity index (χ4n) is 3.81. The molecule has 0 spiro atoms. The smallest absolute Gasteiger partial charge is 0.335 e. The van der Waals surface area contributed by atoms with Gasteiger partial charge in [-0.2, -0.15) is 0 Å². The van der Waals surface area contributed by atoms with Gasteiger partial charge in [0.2, 0.25) is 0 Å². The Morgan fingerprint density at radius 3 is 2.79 bits per heavy atom. The molecule has 0 saturated carbocycles. The summed E-state index contributed by atoms with van der Waals surface area (Å²) in [5.41, 5.74) is 2.35. The second-order valence-electron chi connectivity index (χ2n) is 6.22. The number of rotatable bonds is 2. The number of benzene rings is 2. The van der Waals surface area contributed by atoms with E-state index in [2.05, 4.69) is 17.5 Å². The normalized spacial score (nSPS) is 24.2. The standard InChI is InChI=1S/C19H15ClFNO2/c20-15-9-10(19(23)24)8-14-11-5-3-6-12(11)17(22-18(14)15)13-4-1-2-7-16(13)21/h1-5,7-9,11-12,17,22H,6H2,(H,23,24). The van der Waals surface area contributed by atoms with Gasteiger partial charge in [0.25, 0.3) is 0 Å². The van der Waals surface area contributed by atoms with Gasteiger partial charge in [0.05, 0.1) is 22.3 Å². The quantitative estimate of drug-likeness (QED) is 0.754. The number of carboxylic acids is 1. The Balaban J connectivity index is 1.85. The molecule has 0 amide bonds. The lowest BCUT2D eigenvalue weighted by Crippen LogP contribution is -2.30. The Labute approximate surface area is 143 Å². The number of halogens is 2. The van der Waals surface area contributed by atoms with E-state index < -0.39 is 5.97 Å². The van der Waals surface area contributed by atoms with Gasteiger partial charge in [-0.1, -0.05) is 42.0 Å². The zero-order valence-electron chi connectivity index (χ0n) is 12.7. The zero-order valence-corrected chi connectivity index (χ0v) is 13.4. The van der Waals surface area contributed by atoms with Crippen LogP contribution in [0.2, 0.25) is 5.02 Å². The van der Waals surface area contributed by atoms with E-state index in [1.54, 1.807) is 18.2 Å². The van der Waals surface area contributed by atoms with Crippen molar-refractivity contribution >= 4 is 23.3 Å². The molecule has 24 heavy (non-hydrogen) atoms. The van der Waals surface area contributed by atoms with Crippen molar-refractivity contribution in [1.29, 1.82) is 0 Å². The average molecular weight is 344 g/mol. The van der Waals surface area contributed by atoms with E-state index in [0.717, 1.165) is 12.0 Å². The molecule has 2 aromatic rings. The molecule has 4 rings (SSSR count). The first-order chi connectivity index (χ1) is 11.6. The summed E-state index contributed by atoms with van der Waals surface area (Å²) in [6.45, 7) is 0. The van der Waals surface area contributed by atoms with Crippen molar-refractivity contribution in [1.82, 2.24) is 0 Å². The number of carboxylic acid groups (broad SMARTS) is 1. The van der Waals surface area contributed by atoms with Crippen LogP contribution < -0.4 is 5.32 Å². The lowest BCUT2D eigenvalue weighted by molar-refractivity contribution is 0.0696. The summed E-state index contributed by atoms with van der Waals surface area (Å²) in [7, 11) is 0. The fraction of sp³-hybridized carbons (Fsp3) is 0.211. The molecule has 2 aliphatic rings. The molecule has 2 N–H and O–H groups in total. The third-order valence-corrected chi connectivity index (χ3v) is 5.21. The van der Waals surface area contributed by atoms with Gasteiger partial charge in [-0.05, 0) is 36.1 Å². The molecule has 1 aliphatic carbocycles. The average Bonchev–Trinajstić information content (AvgIpc) is 3.05. The fourth-order valence-corrected chi connectivity index (χ4v) is 4.10. The van der Waals surface area contributed by atoms with E-state index >= 15 is 0 Å². The molecular weight excluding hydrogens is 329 g/mol. The van der Waals surface area contributed by atoms with Gasteiger partial charge >= 0.3 is 5.97 Å². The van der Waals surface area contributed by atoms with Crippen LogP contribution in [0.5, 0.6) is 0 Å². The number of allylic oxidation sites excluding steroid dienone is 2.